The van der Waals surface area contributed by atoms with Crippen molar-refractivity contribution in [2.24, 2.45) is 17.7 Å². The summed E-state index contributed by atoms with van der Waals surface area (Å²) in [5.41, 5.74) is 5.42. The van der Waals surface area contributed by atoms with Crippen LogP contribution in [0.5, 0.6) is 0 Å². The molecule has 1 aromatic rings. The summed E-state index contributed by atoms with van der Waals surface area (Å²) < 4.78 is 0. The number of nitrogens with two attached hydrogens (primary N) is 1. The lowest BCUT2D eigenvalue weighted by atomic mass is 9.77. The van der Waals surface area contributed by atoms with Crippen LogP contribution < -0.4 is 11.3 Å². The van der Waals surface area contributed by atoms with Crippen LogP contribution in [0.25, 0.3) is 0 Å². The molecule has 100 valence electrons. The molecule has 0 bridgehead atoms. The third-order valence-electron chi connectivity index (χ3n) is 4.14. The molecule has 0 radical (unpaired) electrons. The average Bonchev–Trinajstić information content (AvgIpc) is 2.31. The molecule has 2 nitrogen and oxygen atoms in total. The summed E-state index contributed by atoms with van der Waals surface area (Å²) in [6.45, 7) is 4.41. The lowest BCUT2D eigenvalue weighted by molar-refractivity contribution is 0.232. The minimum atomic E-state index is 0.231. The topological polar surface area (TPSA) is 38.0 Å². The first kappa shape index (κ1) is 13.9. The van der Waals surface area contributed by atoms with Gasteiger partial charge >= 0.3 is 0 Å². The molecule has 3 heteroatoms. The Labute approximate surface area is 115 Å². The van der Waals surface area contributed by atoms with Crippen LogP contribution in [0.2, 0.25) is 5.02 Å². The van der Waals surface area contributed by atoms with Crippen molar-refractivity contribution in [1.29, 1.82) is 0 Å². The molecular weight excluding hydrogens is 244 g/mol. The Morgan fingerprint density at radius 1 is 1.22 bits per heavy atom. The largest absolute Gasteiger partial charge is 0.271 e. The number of nitrogens with one attached hydrogen (secondary N) is 1. The van der Waals surface area contributed by atoms with Gasteiger partial charge in [-0.25, -0.2) is 0 Å². The quantitative estimate of drug-likeness (QED) is 0.642. The van der Waals surface area contributed by atoms with Crippen LogP contribution in [0.4, 0.5) is 0 Å². The zero-order valence-electron chi connectivity index (χ0n) is 11.2. The Morgan fingerprint density at radius 3 is 2.44 bits per heavy atom. The van der Waals surface area contributed by atoms with E-state index >= 15 is 0 Å². The van der Waals surface area contributed by atoms with Crippen molar-refractivity contribution in [3.8, 4) is 0 Å². The van der Waals surface area contributed by atoms with Gasteiger partial charge in [-0.15, -0.1) is 0 Å². The van der Waals surface area contributed by atoms with E-state index in [1.165, 1.54) is 36.8 Å². The number of aryl methyl sites for hydroxylation is 1. The third kappa shape index (κ3) is 3.25. The lowest BCUT2D eigenvalue weighted by Gasteiger charge is -2.32. The van der Waals surface area contributed by atoms with Crippen molar-refractivity contribution in [2.45, 2.75) is 45.6 Å². The minimum Gasteiger partial charge on any atom is -0.271 e. The molecule has 0 saturated heterocycles. The van der Waals surface area contributed by atoms with E-state index in [-0.39, 0.29) is 6.04 Å². The fourth-order valence-electron chi connectivity index (χ4n) is 3.07. The predicted molar refractivity (Wildman–Crippen MR) is 77.4 cm³/mol. The molecular formula is C15H23ClN2. The number of hydrogen-bond donors (Lipinski definition) is 2. The number of halogens is 1. The Kier molecular flexibility index (Phi) is 4.66. The fourth-order valence-corrected chi connectivity index (χ4v) is 3.37. The van der Waals surface area contributed by atoms with E-state index in [9.17, 15) is 0 Å². The highest BCUT2D eigenvalue weighted by atomic mass is 35.5. The molecule has 1 aliphatic rings. The maximum absolute atomic E-state index is 6.14. The second-order valence-corrected chi connectivity index (χ2v) is 6.16. The van der Waals surface area contributed by atoms with Crippen LogP contribution in [0.3, 0.4) is 0 Å². The first-order valence-electron chi connectivity index (χ1n) is 6.83. The van der Waals surface area contributed by atoms with Gasteiger partial charge in [0.2, 0.25) is 0 Å². The summed E-state index contributed by atoms with van der Waals surface area (Å²) in [6, 6.07) is 6.45. The van der Waals surface area contributed by atoms with Gasteiger partial charge in [-0.2, -0.15) is 0 Å². The molecule has 0 amide bonds. The molecule has 1 fully saturated rings. The number of hydrogen-bond acceptors (Lipinski definition) is 2. The number of hydrazine groups is 1. The summed E-state index contributed by atoms with van der Waals surface area (Å²) in [6.07, 6.45) is 5.12. The van der Waals surface area contributed by atoms with Crippen LogP contribution >= 0.6 is 11.6 Å². The zero-order chi connectivity index (χ0) is 13.1. The summed E-state index contributed by atoms with van der Waals surface area (Å²) in [5, 5.41) is 0.800. The molecule has 1 saturated carbocycles. The summed E-state index contributed by atoms with van der Waals surface area (Å²) in [4.78, 5) is 0. The molecule has 1 aliphatic carbocycles. The maximum atomic E-state index is 6.14. The Balaban J connectivity index is 2.17. The Morgan fingerprint density at radius 2 is 1.89 bits per heavy atom. The highest BCUT2D eigenvalue weighted by molar-refractivity contribution is 6.30. The highest BCUT2D eigenvalue weighted by Crippen LogP contribution is 2.37. The molecule has 18 heavy (non-hydrogen) atoms. The van der Waals surface area contributed by atoms with Crippen LogP contribution in [0.15, 0.2) is 18.2 Å². The van der Waals surface area contributed by atoms with E-state index in [4.69, 9.17) is 17.4 Å². The first-order chi connectivity index (χ1) is 8.60. The SMILES string of the molecule is Cc1cc(Cl)cc(C(NN)C2CCC(C)CC2)c1. The highest BCUT2D eigenvalue weighted by Gasteiger charge is 2.26. The van der Waals surface area contributed by atoms with Gasteiger partial charge in [-0.05, 0) is 54.9 Å². The van der Waals surface area contributed by atoms with Gasteiger partial charge in [0, 0.05) is 11.1 Å². The molecule has 0 heterocycles. The summed E-state index contributed by atoms with van der Waals surface area (Å²) in [5.74, 6) is 7.27. The second-order valence-electron chi connectivity index (χ2n) is 5.73. The van der Waals surface area contributed by atoms with Crippen LogP contribution in [-0.2, 0) is 0 Å². The van der Waals surface area contributed by atoms with Gasteiger partial charge in [-0.1, -0.05) is 37.4 Å². The number of rotatable bonds is 3. The third-order valence-corrected chi connectivity index (χ3v) is 4.35. The van der Waals surface area contributed by atoms with E-state index in [2.05, 4.69) is 25.3 Å². The maximum Gasteiger partial charge on any atom is 0.0488 e. The summed E-state index contributed by atoms with van der Waals surface area (Å²) in [7, 11) is 0. The Bertz CT molecular complexity index is 377. The van der Waals surface area contributed by atoms with Gasteiger partial charge in [0.15, 0.2) is 0 Å². The van der Waals surface area contributed by atoms with E-state index < -0.39 is 0 Å². The van der Waals surface area contributed by atoms with Gasteiger partial charge in [-0.3, -0.25) is 11.3 Å². The normalized spacial score (nSPS) is 26.0. The van der Waals surface area contributed by atoms with E-state index in [0.717, 1.165) is 10.9 Å². The van der Waals surface area contributed by atoms with Gasteiger partial charge in [0.1, 0.15) is 0 Å². The van der Waals surface area contributed by atoms with Gasteiger partial charge in [0.05, 0.1) is 0 Å². The van der Waals surface area contributed by atoms with E-state index in [1.54, 1.807) is 0 Å². The van der Waals surface area contributed by atoms with Crippen molar-refractivity contribution >= 4 is 11.6 Å². The predicted octanol–water partition coefficient (Wildman–Crippen LogP) is 3.98. The average molecular weight is 267 g/mol. The van der Waals surface area contributed by atoms with Crippen molar-refractivity contribution in [1.82, 2.24) is 5.43 Å². The molecule has 1 unspecified atom stereocenters. The van der Waals surface area contributed by atoms with Gasteiger partial charge < -0.3 is 0 Å². The first-order valence-corrected chi connectivity index (χ1v) is 7.21. The van der Waals surface area contributed by atoms with E-state index in [1.807, 2.05) is 12.1 Å². The molecule has 1 atom stereocenters. The number of benzene rings is 1. The monoisotopic (exact) mass is 266 g/mol. The van der Waals surface area contributed by atoms with Crippen LogP contribution in [0, 0.1) is 18.8 Å². The fraction of sp³-hybridized carbons (Fsp3) is 0.600. The molecule has 0 spiro atoms. The van der Waals surface area contributed by atoms with E-state index in [0.29, 0.717) is 5.92 Å². The molecule has 2 rings (SSSR count). The van der Waals surface area contributed by atoms with Gasteiger partial charge in [0.25, 0.3) is 0 Å². The second kappa shape index (κ2) is 6.05. The smallest absolute Gasteiger partial charge is 0.0488 e. The van der Waals surface area contributed by atoms with Crippen molar-refractivity contribution < 1.29 is 0 Å². The summed E-state index contributed by atoms with van der Waals surface area (Å²) >= 11 is 6.14. The molecule has 0 aromatic heterocycles. The standard InChI is InChI=1S/C15H23ClN2/c1-10-3-5-12(6-4-10)15(18-17)13-7-11(2)8-14(16)9-13/h7-10,12,15,18H,3-6,17H2,1-2H3. The van der Waals surface area contributed by atoms with Crippen molar-refractivity contribution in [2.75, 3.05) is 0 Å². The van der Waals surface area contributed by atoms with Crippen molar-refractivity contribution in [3.63, 3.8) is 0 Å². The Hall–Kier alpha value is -0.570. The van der Waals surface area contributed by atoms with Crippen LogP contribution in [-0.4, -0.2) is 0 Å². The lowest BCUT2D eigenvalue weighted by Crippen LogP contribution is -2.35. The minimum absolute atomic E-state index is 0.231. The molecule has 1 aromatic carbocycles. The molecule has 0 aliphatic heterocycles. The van der Waals surface area contributed by atoms with Crippen LogP contribution in [0.1, 0.15) is 49.8 Å². The zero-order valence-corrected chi connectivity index (χ0v) is 12.0. The van der Waals surface area contributed by atoms with Crippen molar-refractivity contribution in [3.05, 3.63) is 34.3 Å². The molecule has 3 N–H and O–H groups in total.